The van der Waals surface area contributed by atoms with E-state index < -0.39 is 24.6 Å². The zero-order chi connectivity index (χ0) is 22.7. The molecular weight excluding hydrogens is 423 g/mol. The Labute approximate surface area is 184 Å². The summed E-state index contributed by atoms with van der Waals surface area (Å²) in [6, 6.07) is 9.54. The Bertz CT molecular complexity index is 1110. The van der Waals surface area contributed by atoms with Crippen LogP contribution in [0.5, 0.6) is 0 Å². The smallest absolute Gasteiger partial charge is 0.305 e. The minimum atomic E-state index is -1.16. The number of fused-ring (bicyclic) bond motifs is 1. The topological polar surface area (TPSA) is 95.1 Å². The van der Waals surface area contributed by atoms with Crippen molar-refractivity contribution in [3.63, 3.8) is 0 Å². The summed E-state index contributed by atoms with van der Waals surface area (Å²) in [6.45, 7) is 4.05. The molecule has 0 aliphatic carbocycles. The van der Waals surface area contributed by atoms with Crippen LogP contribution in [-0.4, -0.2) is 43.1 Å². The van der Waals surface area contributed by atoms with Crippen LogP contribution in [0.4, 0.5) is 4.39 Å². The van der Waals surface area contributed by atoms with Crippen molar-refractivity contribution in [2.75, 3.05) is 0 Å². The van der Waals surface area contributed by atoms with Crippen LogP contribution < -0.4 is 0 Å². The van der Waals surface area contributed by atoms with Gasteiger partial charge in [0.25, 0.3) is 0 Å². The van der Waals surface area contributed by atoms with Crippen LogP contribution in [0, 0.1) is 5.82 Å². The molecule has 2 heterocycles. The molecule has 164 valence electrons. The first-order chi connectivity index (χ1) is 14.7. The van der Waals surface area contributed by atoms with E-state index >= 15 is 0 Å². The maximum Gasteiger partial charge on any atom is 0.305 e. The van der Waals surface area contributed by atoms with E-state index in [1.165, 1.54) is 18.2 Å². The summed E-state index contributed by atoms with van der Waals surface area (Å²) in [7, 11) is 0. The van der Waals surface area contributed by atoms with E-state index in [2.05, 4.69) is 5.10 Å². The molecule has 8 heteroatoms. The van der Waals surface area contributed by atoms with Crippen molar-refractivity contribution in [2.45, 2.75) is 44.8 Å². The summed E-state index contributed by atoms with van der Waals surface area (Å²) in [5, 5.41) is 34.0. The molecule has 0 bridgehead atoms. The Morgan fingerprint density at radius 3 is 2.48 bits per heavy atom. The second-order valence-electron chi connectivity index (χ2n) is 7.70. The first-order valence-corrected chi connectivity index (χ1v) is 10.3. The Balaban J connectivity index is 2.11. The Morgan fingerprint density at radius 1 is 1.19 bits per heavy atom. The highest BCUT2D eigenvalue weighted by atomic mass is 35.5. The van der Waals surface area contributed by atoms with Gasteiger partial charge >= 0.3 is 5.97 Å². The number of carbonyl (C=O) groups is 1. The van der Waals surface area contributed by atoms with Crippen LogP contribution in [-0.2, 0) is 4.79 Å². The van der Waals surface area contributed by atoms with Crippen LogP contribution in [0.25, 0.3) is 22.9 Å². The molecule has 0 spiro atoms. The highest BCUT2D eigenvalue weighted by Gasteiger charge is 2.20. The van der Waals surface area contributed by atoms with Crippen molar-refractivity contribution in [3.8, 4) is 11.3 Å². The van der Waals surface area contributed by atoms with Gasteiger partial charge in [-0.1, -0.05) is 37.6 Å². The molecule has 0 radical (unpaired) electrons. The van der Waals surface area contributed by atoms with E-state index in [9.17, 15) is 19.4 Å². The summed E-state index contributed by atoms with van der Waals surface area (Å²) >= 11 is 6.32. The van der Waals surface area contributed by atoms with Gasteiger partial charge in [-0.3, -0.25) is 4.79 Å². The van der Waals surface area contributed by atoms with Crippen molar-refractivity contribution in [3.05, 3.63) is 64.6 Å². The van der Waals surface area contributed by atoms with E-state index in [1.54, 1.807) is 28.8 Å². The third kappa shape index (κ3) is 5.31. The van der Waals surface area contributed by atoms with Crippen molar-refractivity contribution in [1.82, 2.24) is 9.61 Å². The number of aliphatic hydroxyl groups is 2. The molecule has 3 N–H and O–H groups in total. The molecule has 0 aliphatic heterocycles. The zero-order valence-electron chi connectivity index (χ0n) is 17.2. The van der Waals surface area contributed by atoms with Crippen LogP contribution >= 0.6 is 11.6 Å². The molecule has 0 amide bonds. The molecule has 0 aliphatic rings. The molecule has 31 heavy (non-hydrogen) atoms. The molecule has 2 atom stereocenters. The Kier molecular flexibility index (Phi) is 7.10. The standard InChI is InChI=1S/C23H24ClFN2O4/c1-13(2)22-18(8-7-16(28)11-17(29)12-21(30)31)23(14-3-5-15(25)6-4-14)26-27-19(22)9-10-20(27)24/h3-10,13,16-17,28-29H,11-12H2,1-2H3,(H,30,31)/b8-7+. The predicted molar refractivity (Wildman–Crippen MR) is 118 cm³/mol. The molecule has 3 aromatic rings. The van der Waals surface area contributed by atoms with E-state index in [0.717, 1.165) is 16.6 Å². The monoisotopic (exact) mass is 446 g/mol. The van der Waals surface area contributed by atoms with Crippen LogP contribution in [0.3, 0.4) is 0 Å². The van der Waals surface area contributed by atoms with Gasteiger partial charge in [-0.15, -0.1) is 0 Å². The third-order valence-corrected chi connectivity index (χ3v) is 5.22. The number of benzene rings is 1. The van der Waals surface area contributed by atoms with Gasteiger partial charge in [0.05, 0.1) is 29.8 Å². The molecule has 0 fully saturated rings. The normalized spacial score (nSPS) is 13.9. The second-order valence-corrected chi connectivity index (χ2v) is 8.09. The van der Waals surface area contributed by atoms with Crippen molar-refractivity contribution >= 4 is 29.2 Å². The number of carboxylic acids is 1. The van der Waals surface area contributed by atoms with Gasteiger partial charge < -0.3 is 15.3 Å². The van der Waals surface area contributed by atoms with Crippen molar-refractivity contribution in [2.24, 2.45) is 0 Å². The zero-order valence-corrected chi connectivity index (χ0v) is 17.9. The molecule has 2 unspecified atom stereocenters. The van der Waals surface area contributed by atoms with Gasteiger partial charge in [0, 0.05) is 17.5 Å². The molecular formula is C23H24ClFN2O4. The van der Waals surface area contributed by atoms with Gasteiger partial charge in [-0.2, -0.15) is 5.10 Å². The SMILES string of the molecule is CC(C)c1c(/C=C/C(O)CC(O)CC(=O)O)c(-c2ccc(F)cc2)nn2c(Cl)ccc12. The minimum absolute atomic E-state index is 0.0741. The second kappa shape index (κ2) is 9.60. The average Bonchev–Trinajstić information content (AvgIpc) is 3.05. The van der Waals surface area contributed by atoms with Gasteiger partial charge in [0.15, 0.2) is 0 Å². The molecule has 0 saturated carbocycles. The number of halogens is 2. The first kappa shape index (κ1) is 22.9. The number of hydrogen-bond acceptors (Lipinski definition) is 4. The largest absolute Gasteiger partial charge is 0.481 e. The summed E-state index contributed by atoms with van der Waals surface area (Å²) < 4.78 is 15.1. The van der Waals surface area contributed by atoms with E-state index in [-0.39, 0.29) is 18.2 Å². The van der Waals surface area contributed by atoms with Crippen LogP contribution in [0.1, 0.15) is 43.7 Å². The number of carboxylic acid groups (broad SMARTS) is 1. The third-order valence-electron chi connectivity index (χ3n) is 4.93. The van der Waals surface area contributed by atoms with E-state index in [4.69, 9.17) is 16.7 Å². The Hall–Kier alpha value is -2.74. The summed E-state index contributed by atoms with van der Waals surface area (Å²) in [4.78, 5) is 10.7. The maximum atomic E-state index is 13.5. The van der Waals surface area contributed by atoms with Crippen molar-refractivity contribution in [1.29, 1.82) is 0 Å². The predicted octanol–water partition coefficient (Wildman–Crippen LogP) is 4.52. The van der Waals surface area contributed by atoms with Gasteiger partial charge in [-0.05, 0) is 47.9 Å². The first-order valence-electron chi connectivity index (χ1n) is 9.90. The fourth-order valence-corrected chi connectivity index (χ4v) is 3.77. The van der Waals surface area contributed by atoms with Crippen LogP contribution in [0.2, 0.25) is 5.15 Å². The van der Waals surface area contributed by atoms with Gasteiger partial charge in [0.2, 0.25) is 0 Å². The molecule has 1 aromatic carbocycles. The number of hydrogen-bond donors (Lipinski definition) is 3. The molecule has 3 rings (SSSR count). The fraction of sp³-hybridized carbons (Fsp3) is 0.304. The van der Waals surface area contributed by atoms with E-state index in [1.807, 2.05) is 19.9 Å². The average molecular weight is 447 g/mol. The summed E-state index contributed by atoms with van der Waals surface area (Å²) in [5.74, 6) is -1.43. The quantitative estimate of drug-likeness (QED) is 0.473. The van der Waals surface area contributed by atoms with Crippen LogP contribution in [0.15, 0.2) is 42.5 Å². The lowest BCUT2D eigenvalue weighted by molar-refractivity contribution is -0.139. The fourth-order valence-electron chi connectivity index (χ4n) is 3.57. The van der Waals surface area contributed by atoms with Crippen molar-refractivity contribution < 1.29 is 24.5 Å². The Morgan fingerprint density at radius 2 is 1.87 bits per heavy atom. The maximum absolute atomic E-state index is 13.5. The minimum Gasteiger partial charge on any atom is -0.481 e. The summed E-state index contributed by atoms with van der Waals surface area (Å²) in [5.41, 5.74) is 3.72. The number of aromatic nitrogens is 2. The summed E-state index contributed by atoms with van der Waals surface area (Å²) in [6.07, 6.45) is 0.435. The number of aliphatic hydroxyl groups excluding tert-OH is 2. The molecule has 0 saturated heterocycles. The number of rotatable bonds is 8. The number of nitrogens with zero attached hydrogens (tertiary/aromatic N) is 2. The lowest BCUT2D eigenvalue weighted by Crippen LogP contribution is -2.19. The lowest BCUT2D eigenvalue weighted by Gasteiger charge is -2.18. The van der Waals surface area contributed by atoms with Gasteiger partial charge in [0.1, 0.15) is 11.0 Å². The lowest BCUT2D eigenvalue weighted by atomic mass is 9.93. The highest BCUT2D eigenvalue weighted by molar-refractivity contribution is 6.30. The molecule has 2 aromatic heterocycles. The molecule has 6 nitrogen and oxygen atoms in total. The van der Waals surface area contributed by atoms with Gasteiger partial charge in [-0.25, -0.2) is 8.91 Å². The number of aliphatic carboxylic acids is 1. The highest BCUT2D eigenvalue weighted by Crippen LogP contribution is 2.34. The van der Waals surface area contributed by atoms with E-state index in [0.29, 0.717) is 16.4 Å².